The third-order valence-corrected chi connectivity index (χ3v) is 2.66. The van der Waals surface area contributed by atoms with E-state index in [1.54, 1.807) is 7.11 Å². The van der Waals surface area contributed by atoms with Crippen LogP contribution in [0.2, 0.25) is 0 Å². The SMILES string of the molecule is CCCCC(C)(OC)c1ccccn1. The van der Waals surface area contributed by atoms with Crippen molar-refractivity contribution in [3.63, 3.8) is 0 Å². The van der Waals surface area contributed by atoms with Crippen molar-refractivity contribution in [2.24, 2.45) is 0 Å². The maximum Gasteiger partial charge on any atom is 0.107 e. The van der Waals surface area contributed by atoms with Gasteiger partial charge in [0.05, 0.1) is 5.69 Å². The lowest BCUT2D eigenvalue weighted by molar-refractivity contribution is -0.0108. The summed E-state index contributed by atoms with van der Waals surface area (Å²) in [7, 11) is 1.75. The molecule has 0 fully saturated rings. The van der Waals surface area contributed by atoms with Gasteiger partial charge in [0.15, 0.2) is 0 Å². The normalized spacial score (nSPS) is 15.1. The van der Waals surface area contributed by atoms with Gasteiger partial charge >= 0.3 is 0 Å². The molecule has 1 aromatic rings. The van der Waals surface area contributed by atoms with E-state index < -0.39 is 0 Å². The molecular weight excluding hydrogens is 174 g/mol. The molecule has 0 aliphatic carbocycles. The van der Waals surface area contributed by atoms with E-state index in [0.717, 1.165) is 12.1 Å². The van der Waals surface area contributed by atoms with E-state index in [-0.39, 0.29) is 5.60 Å². The van der Waals surface area contributed by atoms with Crippen LogP contribution < -0.4 is 0 Å². The molecule has 0 aliphatic heterocycles. The molecule has 1 aromatic heterocycles. The smallest absolute Gasteiger partial charge is 0.107 e. The summed E-state index contributed by atoms with van der Waals surface area (Å²) >= 11 is 0. The van der Waals surface area contributed by atoms with Crippen LogP contribution in [0.15, 0.2) is 24.4 Å². The van der Waals surface area contributed by atoms with E-state index >= 15 is 0 Å². The quantitative estimate of drug-likeness (QED) is 0.716. The fourth-order valence-electron chi connectivity index (χ4n) is 1.52. The molecule has 1 heterocycles. The van der Waals surface area contributed by atoms with Gasteiger partial charge in [-0.3, -0.25) is 4.98 Å². The Kier molecular flexibility index (Phi) is 4.08. The molecule has 78 valence electrons. The van der Waals surface area contributed by atoms with Crippen LogP contribution in [0.25, 0.3) is 0 Å². The second-order valence-corrected chi connectivity index (χ2v) is 3.75. The Morgan fingerprint density at radius 2 is 2.21 bits per heavy atom. The largest absolute Gasteiger partial charge is 0.372 e. The molecule has 0 saturated heterocycles. The number of unbranched alkanes of at least 4 members (excludes halogenated alkanes) is 1. The molecule has 1 atom stereocenters. The van der Waals surface area contributed by atoms with E-state index in [4.69, 9.17) is 4.74 Å². The highest BCUT2D eigenvalue weighted by Crippen LogP contribution is 2.28. The van der Waals surface area contributed by atoms with Crippen molar-refractivity contribution in [1.82, 2.24) is 4.98 Å². The minimum atomic E-state index is -0.225. The molecule has 2 heteroatoms. The molecule has 0 bridgehead atoms. The van der Waals surface area contributed by atoms with E-state index in [1.807, 2.05) is 24.4 Å². The number of aromatic nitrogens is 1. The minimum Gasteiger partial charge on any atom is -0.372 e. The predicted molar refractivity (Wildman–Crippen MR) is 58.1 cm³/mol. The molecule has 0 amide bonds. The van der Waals surface area contributed by atoms with Crippen LogP contribution in [0.4, 0.5) is 0 Å². The second-order valence-electron chi connectivity index (χ2n) is 3.75. The highest BCUT2D eigenvalue weighted by atomic mass is 16.5. The number of nitrogens with zero attached hydrogens (tertiary/aromatic N) is 1. The average molecular weight is 193 g/mol. The van der Waals surface area contributed by atoms with Crippen molar-refractivity contribution in [2.45, 2.75) is 38.7 Å². The Hall–Kier alpha value is -0.890. The van der Waals surface area contributed by atoms with Crippen molar-refractivity contribution in [3.05, 3.63) is 30.1 Å². The number of rotatable bonds is 5. The molecule has 0 saturated carbocycles. The van der Waals surface area contributed by atoms with Gasteiger partial charge < -0.3 is 4.74 Å². The fraction of sp³-hybridized carbons (Fsp3) is 0.583. The third kappa shape index (κ3) is 2.55. The van der Waals surface area contributed by atoms with Gasteiger partial charge in [0.2, 0.25) is 0 Å². The molecule has 2 nitrogen and oxygen atoms in total. The Labute approximate surface area is 86.3 Å². The Morgan fingerprint density at radius 1 is 1.43 bits per heavy atom. The number of hydrogen-bond acceptors (Lipinski definition) is 2. The molecule has 1 unspecified atom stereocenters. The lowest BCUT2D eigenvalue weighted by Gasteiger charge is -2.27. The van der Waals surface area contributed by atoms with Crippen LogP contribution in [0.5, 0.6) is 0 Å². The van der Waals surface area contributed by atoms with Gasteiger partial charge in [-0.25, -0.2) is 0 Å². The van der Waals surface area contributed by atoms with E-state index in [2.05, 4.69) is 18.8 Å². The van der Waals surface area contributed by atoms with Gasteiger partial charge in [-0.1, -0.05) is 25.8 Å². The molecule has 0 spiro atoms. The number of ether oxygens (including phenoxy) is 1. The van der Waals surface area contributed by atoms with E-state index in [1.165, 1.54) is 12.8 Å². The van der Waals surface area contributed by atoms with Crippen LogP contribution in [-0.2, 0) is 10.3 Å². The summed E-state index contributed by atoms with van der Waals surface area (Å²) in [5.74, 6) is 0. The van der Waals surface area contributed by atoms with Crippen molar-refractivity contribution in [3.8, 4) is 0 Å². The fourth-order valence-corrected chi connectivity index (χ4v) is 1.52. The van der Waals surface area contributed by atoms with Gasteiger partial charge in [0.1, 0.15) is 5.60 Å². The molecular formula is C12H19NO. The maximum atomic E-state index is 5.56. The van der Waals surface area contributed by atoms with Gasteiger partial charge in [0.25, 0.3) is 0 Å². The Morgan fingerprint density at radius 3 is 2.71 bits per heavy atom. The molecule has 0 N–H and O–H groups in total. The molecule has 0 aliphatic rings. The van der Waals surface area contributed by atoms with Crippen LogP contribution in [0, 0.1) is 0 Å². The van der Waals surface area contributed by atoms with Crippen molar-refractivity contribution >= 4 is 0 Å². The first-order chi connectivity index (χ1) is 6.73. The number of hydrogen-bond donors (Lipinski definition) is 0. The second kappa shape index (κ2) is 5.11. The lowest BCUT2D eigenvalue weighted by atomic mass is 9.94. The summed E-state index contributed by atoms with van der Waals surface area (Å²) in [5.41, 5.74) is 0.799. The van der Waals surface area contributed by atoms with E-state index in [9.17, 15) is 0 Å². The highest BCUT2D eigenvalue weighted by Gasteiger charge is 2.26. The lowest BCUT2D eigenvalue weighted by Crippen LogP contribution is -2.25. The molecule has 14 heavy (non-hydrogen) atoms. The first-order valence-electron chi connectivity index (χ1n) is 5.19. The van der Waals surface area contributed by atoms with Crippen LogP contribution in [0.3, 0.4) is 0 Å². The summed E-state index contributed by atoms with van der Waals surface area (Å²) in [4.78, 5) is 4.35. The molecule has 1 rings (SSSR count). The van der Waals surface area contributed by atoms with Gasteiger partial charge in [-0.05, 0) is 25.5 Å². The summed E-state index contributed by atoms with van der Waals surface area (Å²) in [6.45, 7) is 4.29. The summed E-state index contributed by atoms with van der Waals surface area (Å²) < 4.78 is 5.56. The third-order valence-electron chi connectivity index (χ3n) is 2.66. The molecule has 0 aromatic carbocycles. The highest BCUT2D eigenvalue weighted by molar-refractivity contribution is 5.12. The van der Waals surface area contributed by atoms with Crippen molar-refractivity contribution in [1.29, 1.82) is 0 Å². The van der Waals surface area contributed by atoms with Crippen molar-refractivity contribution in [2.75, 3.05) is 7.11 Å². The zero-order valence-corrected chi connectivity index (χ0v) is 9.29. The zero-order valence-electron chi connectivity index (χ0n) is 9.29. The van der Waals surface area contributed by atoms with Gasteiger partial charge in [0, 0.05) is 13.3 Å². The molecule has 0 radical (unpaired) electrons. The zero-order chi connectivity index (χ0) is 10.4. The van der Waals surface area contributed by atoms with Crippen LogP contribution >= 0.6 is 0 Å². The number of methoxy groups -OCH3 is 1. The topological polar surface area (TPSA) is 22.1 Å². The monoisotopic (exact) mass is 193 g/mol. The van der Waals surface area contributed by atoms with Gasteiger partial charge in [-0.2, -0.15) is 0 Å². The van der Waals surface area contributed by atoms with Crippen LogP contribution in [-0.4, -0.2) is 12.1 Å². The maximum absolute atomic E-state index is 5.56. The first kappa shape index (κ1) is 11.2. The van der Waals surface area contributed by atoms with Crippen molar-refractivity contribution < 1.29 is 4.74 Å². The van der Waals surface area contributed by atoms with E-state index in [0.29, 0.717) is 0 Å². The predicted octanol–water partition coefficient (Wildman–Crippen LogP) is 3.13. The Bertz CT molecular complexity index is 260. The standard InChI is InChI=1S/C12H19NO/c1-4-5-9-12(2,14-3)11-8-6-7-10-13-11/h6-8,10H,4-5,9H2,1-3H3. The summed E-state index contributed by atoms with van der Waals surface area (Å²) in [5, 5.41) is 0. The summed E-state index contributed by atoms with van der Waals surface area (Å²) in [6, 6.07) is 5.96. The number of pyridine rings is 1. The average Bonchev–Trinajstić information content (AvgIpc) is 2.27. The van der Waals surface area contributed by atoms with Gasteiger partial charge in [-0.15, -0.1) is 0 Å². The summed E-state index contributed by atoms with van der Waals surface area (Å²) in [6.07, 6.45) is 5.20. The first-order valence-corrected chi connectivity index (χ1v) is 5.19. The Balaban J connectivity index is 2.79. The minimum absolute atomic E-state index is 0.225. The van der Waals surface area contributed by atoms with Crippen LogP contribution in [0.1, 0.15) is 38.8 Å².